The zero-order valence-electron chi connectivity index (χ0n) is 9.00. The van der Waals surface area contributed by atoms with Gasteiger partial charge in [0.05, 0.1) is 13.0 Å². The normalized spacial score (nSPS) is 33.7. The van der Waals surface area contributed by atoms with E-state index >= 15 is 0 Å². The Bertz CT molecular complexity index is 263. The second-order valence-corrected chi connectivity index (χ2v) is 4.99. The molecule has 2 fully saturated rings. The molecule has 1 unspecified atom stereocenters. The van der Waals surface area contributed by atoms with Crippen LogP contribution >= 0.6 is 0 Å². The zero-order chi connectivity index (χ0) is 10.9. The lowest BCUT2D eigenvalue weighted by molar-refractivity contribution is -0.170. The van der Waals surface area contributed by atoms with Crippen LogP contribution in [0.15, 0.2) is 0 Å². The fourth-order valence-electron chi connectivity index (χ4n) is 3.19. The van der Waals surface area contributed by atoms with Crippen molar-refractivity contribution in [2.45, 2.75) is 32.1 Å². The van der Waals surface area contributed by atoms with Crippen molar-refractivity contribution in [3.63, 3.8) is 0 Å². The van der Waals surface area contributed by atoms with Crippen LogP contribution in [0.5, 0.6) is 0 Å². The Labute approximate surface area is 89.8 Å². The molecule has 3 N–H and O–H groups in total. The molecule has 86 valence electrons. The van der Waals surface area contributed by atoms with E-state index < -0.39 is 5.97 Å². The third-order valence-corrected chi connectivity index (χ3v) is 4.42. The van der Waals surface area contributed by atoms with Gasteiger partial charge in [-0.1, -0.05) is 6.42 Å². The minimum Gasteiger partial charge on any atom is -0.481 e. The largest absolute Gasteiger partial charge is 0.481 e. The molecule has 1 spiro atoms. The number of carbonyl (C=O) groups is 1. The van der Waals surface area contributed by atoms with Gasteiger partial charge in [-0.15, -0.1) is 0 Å². The molecule has 0 aromatic rings. The van der Waals surface area contributed by atoms with Crippen molar-refractivity contribution >= 4 is 5.97 Å². The van der Waals surface area contributed by atoms with E-state index in [0.717, 1.165) is 19.3 Å². The van der Waals surface area contributed by atoms with Crippen LogP contribution in [0, 0.1) is 10.8 Å². The summed E-state index contributed by atoms with van der Waals surface area (Å²) in [6.45, 7) is 1.84. The van der Waals surface area contributed by atoms with Gasteiger partial charge < -0.3 is 15.6 Å². The summed E-state index contributed by atoms with van der Waals surface area (Å²) < 4.78 is 5.52. The second kappa shape index (κ2) is 3.76. The lowest BCUT2D eigenvalue weighted by Gasteiger charge is -2.58. The molecule has 0 bridgehead atoms. The SMILES string of the molecule is NCC1(CC(=O)O)CCOCC12CCC2. The Balaban J connectivity index is 2.22. The Hall–Kier alpha value is -0.610. The molecule has 0 radical (unpaired) electrons. The van der Waals surface area contributed by atoms with Gasteiger partial charge in [-0.25, -0.2) is 0 Å². The van der Waals surface area contributed by atoms with Gasteiger partial charge in [0.1, 0.15) is 0 Å². The number of carboxylic acids is 1. The topological polar surface area (TPSA) is 72.6 Å². The van der Waals surface area contributed by atoms with Crippen molar-refractivity contribution in [2.24, 2.45) is 16.6 Å². The molecule has 0 aromatic carbocycles. The highest BCUT2D eigenvalue weighted by molar-refractivity contribution is 5.68. The minimum atomic E-state index is -0.728. The van der Waals surface area contributed by atoms with E-state index in [1.54, 1.807) is 0 Å². The molecular weight excluding hydrogens is 194 g/mol. The van der Waals surface area contributed by atoms with Crippen LogP contribution in [0.3, 0.4) is 0 Å². The molecule has 1 atom stereocenters. The fraction of sp³-hybridized carbons (Fsp3) is 0.909. The van der Waals surface area contributed by atoms with Crippen LogP contribution in [0.2, 0.25) is 0 Å². The summed E-state index contributed by atoms with van der Waals surface area (Å²) in [5.74, 6) is -0.728. The molecule has 0 amide bonds. The van der Waals surface area contributed by atoms with Crippen LogP contribution in [-0.2, 0) is 9.53 Å². The molecule has 15 heavy (non-hydrogen) atoms. The zero-order valence-corrected chi connectivity index (χ0v) is 9.00. The van der Waals surface area contributed by atoms with E-state index in [9.17, 15) is 4.79 Å². The summed E-state index contributed by atoms with van der Waals surface area (Å²) in [6, 6.07) is 0. The molecule has 2 rings (SSSR count). The molecule has 1 heterocycles. The maximum atomic E-state index is 11.0. The van der Waals surface area contributed by atoms with Gasteiger partial charge in [-0.3, -0.25) is 4.79 Å². The number of hydrogen-bond acceptors (Lipinski definition) is 3. The molecule has 4 nitrogen and oxygen atoms in total. The quantitative estimate of drug-likeness (QED) is 0.733. The maximum Gasteiger partial charge on any atom is 0.303 e. The number of ether oxygens (including phenoxy) is 1. The summed E-state index contributed by atoms with van der Waals surface area (Å²) >= 11 is 0. The average Bonchev–Trinajstić information content (AvgIpc) is 2.15. The van der Waals surface area contributed by atoms with Gasteiger partial charge in [0.2, 0.25) is 0 Å². The summed E-state index contributed by atoms with van der Waals surface area (Å²) in [5.41, 5.74) is 5.71. The summed E-state index contributed by atoms with van der Waals surface area (Å²) in [7, 11) is 0. The first kappa shape index (κ1) is 10.9. The van der Waals surface area contributed by atoms with E-state index in [2.05, 4.69) is 0 Å². The van der Waals surface area contributed by atoms with E-state index in [1.807, 2.05) is 0 Å². The molecule has 4 heteroatoms. The number of hydrogen-bond donors (Lipinski definition) is 2. The van der Waals surface area contributed by atoms with Crippen molar-refractivity contribution in [1.82, 2.24) is 0 Å². The minimum absolute atomic E-state index is 0.0678. The van der Waals surface area contributed by atoms with E-state index in [1.165, 1.54) is 6.42 Å². The second-order valence-electron chi connectivity index (χ2n) is 4.99. The van der Waals surface area contributed by atoms with Gasteiger partial charge in [0.15, 0.2) is 0 Å². The Morgan fingerprint density at radius 1 is 1.40 bits per heavy atom. The van der Waals surface area contributed by atoms with E-state index in [0.29, 0.717) is 19.8 Å². The maximum absolute atomic E-state index is 11.0. The van der Waals surface area contributed by atoms with E-state index in [4.69, 9.17) is 15.6 Å². The third-order valence-electron chi connectivity index (χ3n) is 4.42. The Morgan fingerprint density at radius 3 is 2.60 bits per heavy atom. The van der Waals surface area contributed by atoms with Gasteiger partial charge in [-0.2, -0.15) is 0 Å². The van der Waals surface area contributed by atoms with Crippen molar-refractivity contribution in [3.8, 4) is 0 Å². The Morgan fingerprint density at radius 2 is 2.13 bits per heavy atom. The van der Waals surface area contributed by atoms with Gasteiger partial charge in [0, 0.05) is 17.4 Å². The smallest absolute Gasteiger partial charge is 0.303 e. The molecule has 1 aliphatic heterocycles. The molecule has 1 saturated carbocycles. The number of carboxylic acid groups (broad SMARTS) is 1. The predicted octanol–water partition coefficient (Wildman–Crippen LogP) is 0.997. The van der Waals surface area contributed by atoms with Crippen molar-refractivity contribution in [1.29, 1.82) is 0 Å². The molecular formula is C11H19NO3. The number of rotatable bonds is 3. The monoisotopic (exact) mass is 213 g/mol. The van der Waals surface area contributed by atoms with Crippen LogP contribution in [0.4, 0.5) is 0 Å². The first-order valence-corrected chi connectivity index (χ1v) is 5.64. The van der Waals surface area contributed by atoms with Gasteiger partial charge in [-0.05, 0) is 25.8 Å². The summed E-state index contributed by atoms with van der Waals surface area (Å²) in [4.78, 5) is 11.0. The Kier molecular flexibility index (Phi) is 2.73. The molecule has 0 aromatic heterocycles. The van der Waals surface area contributed by atoms with Gasteiger partial charge in [0.25, 0.3) is 0 Å². The molecule has 1 aliphatic carbocycles. The first-order chi connectivity index (χ1) is 7.14. The van der Waals surface area contributed by atoms with Crippen LogP contribution in [-0.4, -0.2) is 30.8 Å². The van der Waals surface area contributed by atoms with Crippen LogP contribution < -0.4 is 5.73 Å². The molecule has 2 aliphatic rings. The highest BCUT2D eigenvalue weighted by atomic mass is 16.5. The predicted molar refractivity (Wildman–Crippen MR) is 55.5 cm³/mol. The average molecular weight is 213 g/mol. The number of nitrogens with two attached hydrogens (primary N) is 1. The van der Waals surface area contributed by atoms with Crippen molar-refractivity contribution in [2.75, 3.05) is 19.8 Å². The lowest BCUT2D eigenvalue weighted by atomic mass is 9.50. The van der Waals surface area contributed by atoms with Gasteiger partial charge >= 0.3 is 5.97 Å². The lowest BCUT2D eigenvalue weighted by Crippen LogP contribution is -2.57. The molecule has 1 saturated heterocycles. The number of aliphatic carboxylic acids is 1. The van der Waals surface area contributed by atoms with Crippen LogP contribution in [0.1, 0.15) is 32.1 Å². The van der Waals surface area contributed by atoms with Crippen molar-refractivity contribution < 1.29 is 14.6 Å². The summed E-state index contributed by atoms with van der Waals surface area (Å²) in [5, 5.41) is 9.02. The van der Waals surface area contributed by atoms with Crippen LogP contribution in [0.25, 0.3) is 0 Å². The summed E-state index contributed by atoms with van der Waals surface area (Å²) in [6.07, 6.45) is 4.35. The third kappa shape index (κ3) is 1.56. The van der Waals surface area contributed by atoms with Crippen molar-refractivity contribution in [3.05, 3.63) is 0 Å². The standard InChI is InChI=1S/C11H19NO3/c12-7-11(6-9(13)14)4-5-15-8-10(11)2-1-3-10/h1-8,12H2,(H,13,14). The fourth-order valence-corrected chi connectivity index (χ4v) is 3.19. The highest BCUT2D eigenvalue weighted by Gasteiger charge is 2.56. The first-order valence-electron chi connectivity index (χ1n) is 5.64. The highest BCUT2D eigenvalue weighted by Crippen LogP contribution is 2.58. The van der Waals surface area contributed by atoms with E-state index in [-0.39, 0.29) is 17.3 Å².